The number of nitrogens with zero attached hydrogens (tertiary/aromatic N) is 1. The molecule has 1 atom stereocenters. The number of nitrogens with one attached hydrogen (secondary N) is 1. The average molecular weight is 252 g/mol. The molecule has 1 rings (SSSR count). The number of nitro benzene ring substituents is 1. The maximum atomic E-state index is 11.1. The molecule has 0 saturated carbocycles. The van der Waals surface area contributed by atoms with Crippen molar-refractivity contribution in [2.75, 3.05) is 13.7 Å². The Hall–Kier alpha value is -1.95. The maximum Gasteiger partial charge on any atom is 0.322 e. The van der Waals surface area contributed by atoms with Gasteiger partial charge in [-0.15, -0.1) is 0 Å². The van der Waals surface area contributed by atoms with Crippen LogP contribution >= 0.6 is 0 Å². The number of benzene rings is 1. The molecular weight excluding hydrogens is 236 g/mol. The van der Waals surface area contributed by atoms with Crippen molar-refractivity contribution in [1.29, 1.82) is 0 Å². The fourth-order valence-corrected chi connectivity index (χ4v) is 1.48. The zero-order chi connectivity index (χ0) is 13.5. The summed E-state index contributed by atoms with van der Waals surface area (Å²) in [6.07, 6.45) is 0.694. The number of hydrogen-bond donors (Lipinski definition) is 1. The fourth-order valence-electron chi connectivity index (χ4n) is 1.48. The predicted molar refractivity (Wildman–Crippen MR) is 66.3 cm³/mol. The van der Waals surface area contributed by atoms with Crippen molar-refractivity contribution < 1.29 is 14.5 Å². The first-order chi connectivity index (χ1) is 8.54. The molecule has 0 amide bonds. The predicted octanol–water partition coefficient (Wildman–Crippen LogP) is 1.29. The molecule has 0 aromatic heterocycles. The summed E-state index contributed by atoms with van der Waals surface area (Å²) >= 11 is 0. The van der Waals surface area contributed by atoms with Gasteiger partial charge in [0.2, 0.25) is 0 Å². The molecule has 0 fully saturated rings. The molecule has 0 heterocycles. The summed E-state index contributed by atoms with van der Waals surface area (Å²) in [4.78, 5) is 21.2. The van der Waals surface area contributed by atoms with E-state index in [9.17, 15) is 14.9 Å². The molecular formula is C12H16N2O4. The smallest absolute Gasteiger partial charge is 0.322 e. The number of methoxy groups -OCH3 is 1. The second-order valence-corrected chi connectivity index (χ2v) is 3.87. The van der Waals surface area contributed by atoms with Crippen molar-refractivity contribution >= 4 is 11.7 Å². The van der Waals surface area contributed by atoms with Crippen LogP contribution in [0.1, 0.15) is 12.5 Å². The van der Waals surface area contributed by atoms with Gasteiger partial charge in [0.15, 0.2) is 0 Å². The molecule has 0 aliphatic rings. The summed E-state index contributed by atoms with van der Waals surface area (Å²) in [5, 5.41) is 13.5. The van der Waals surface area contributed by atoms with Gasteiger partial charge >= 0.3 is 5.97 Å². The molecule has 1 N–H and O–H groups in total. The van der Waals surface area contributed by atoms with Crippen LogP contribution in [-0.4, -0.2) is 30.6 Å². The van der Waals surface area contributed by atoms with Crippen LogP contribution in [0.15, 0.2) is 24.3 Å². The Morgan fingerprint density at radius 1 is 1.44 bits per heavy atom. The minimum Gasteiger partial charge on any atom is -0.468 e. The van der Waals surface area contributed by atoms with E-state index in [1.807, 2.05) is 0 Å². The first kappa shape index (κ1) is 14.1. The van der Waals surface area contributed by atoms with Crippen molar-refractivity contribution in [2.24, 2.45) is 0 Å². The van der Waals surface area contributed by atoms with Crippen LogP contribution in [0.4, 0.5) is 5.69 Å². The lowest BCUT2D eigenvalue weighted by atomic mass is 10.1. The number of carbonyl (C=O) groups is 1. The number of carbonyl (C=O) groups excluding carboxylic acids is 1. The lowest BCUT2D eigenvalue weighted by Gasteiger charge is -2.11. The van der Waals surface area contributed by atoms with Gasteiger partial charge in [-0.25, -0.2) is 0 Å². The molecule has 6 heteroatoms. The molecule has 0 unspecified atom stereocenters. The minimum absolute atomic E-state index is 0.0784. The van der Waals surface area contributed by atoms with Gasteiger partial charge in [0, 0.05) is 12.1 Å². The highest BCUT2D eigenvalue weighted by atomic mass is 16.6. The number of nitro groups is 1. The molecule has 0 aliphatic carbocycles. The fraction of sp³-hybridized carbons (Fsp3) is 0.417. The zero-order valence-corrected chi connectivity index (χ0v) is 10.4. The topological polar surface area (TPSA) is 81.5 Å². The number of rotatable bonds is 6. The summed E-state index contributed by atoms with van der Waals surface area (Å²) < 4.78 is 4.58. The summed E-state index contributed by atoms with van der Waals surface area (Å²) in [7, 11) is 1.34. The molecule has 0 bridgehead atoms. The standard InChI is InChI=1S/C12H16N2O4/c1-9(12(15)18-2)13-8-7-10-3-5-11(6-4-10)14(16)17/h3-6,9,13H,7-8H2,1-2H3/t9-/m0/s1. The van der Waals surface area contributed by atoms with Gasteiger partial charge in [0.25, 0.3) is 5.69 Å². The Morgan fingerprint density at radius 3 is 2.56 bits per heavy atom. The SMILES string of the molecule is COC(=O)[C@H](C)NCCc1ccc([N+](=O)[O-])cc1. The molecule has 6 nitrogen and oxygen atoms in total. The number of hydrogen-bond acceptors (Lipinski definition) is 5. The third-order valence-electron chi connectivity index (χ3n) is 2.57. The highest BCUT2D eigenvalue weighted by Crippen LogP contribution is 2.11. The average Bonchev–Trinajstić information content (AvgIpc) is 2.38. The summed E-state index contributed by atoms with van der Waals surface area (Å²) in [6, 6.07) is 6.01. The number of ether oxygens (including phenoxy) is 1. The van der Waals surface area contributed by atoms with Crippen LogP contribution in [0, 0.1) is 10.1 Å². The van der Waals surface area contributed by atoms with Gasteiger partial charge in [0.05, 0.1) is 12.0 Å². The Balaban J connectivity index is 2.40. The Bertz CT molecular complexity index is 417. The van der Waals surface area contributed by atoms with Gasteiger partial charge in [-0.1, -0.05) is 12.1 Å². The van der Waals surface area contributed by atoms with Crippen LogP contribution in [0.5, 0.6) is 0 Å². The molecule has 0 spiro atoms. The molecule has 98 valence electrons. The van der Waals surface area contributed by atoms with E-state index in [0.717, 1.165) is 5.56 Å². The van der Waals surface area contributed by atoms with Gasteiger partial charge in [0.1, 0.15) is 6.04 Å². The van der Waals surface area contributed by atoms with E-state index in [-0.39, 0.29) is 17.7 Å². The van der Waals surface area contributed by atoms with Gasteiger partial charge < -0.3 is 10.1 Å². The summed E-state index contributed by atoms with van der Waals surface area (Å²) in [6.45, 7) is 2.33. The van der Waals surface area contributed by atoms with Crippen LogP contribution in [0.25, 0.3) is 0 Å². The van der Waals surface area contributed by atoms with Crippen molar-refractivity contribution in [1.82, 2.24) is 5.32 Å². The van der Waals surface area contributed by atoms with Crippen LogP contribution in [-0.2, 0) is 16.0 Å². The van der Waals surface area contributed by atoms with E-state index in [4.69, 9.17) is 0 Å². The molecule has 0 saturated heterocycles. The second kappa shape index (κ2) is 6.70. The highest BCUT2D eigenvalue weighted by molar-refractivity contribution is 5.75. The van der Waals surface area contributed by atoms with Crippen LogP contribution in [0.2, 0.25) is 0 Å². The van der Waals surface area contributed by atoms with Crippen molar-refractivity contribution in [3.63, 3.8) is 0 Å². The molecule has 0 radical (unpaired) electrons. The lowest BCUT2D eigenvalue weighted by molar-refractivity contribution is -0.384. The second-order valence-electron chi connectivity index (χ2n) is 3.87. The van der Waals surface area contributed by atoms with E-state index in [2.05, 4.69) is 10.1 Å². The summed E-state index contributed by atoms with van der Waals surface area (Å²) in [5.41, 5.74) is 1.06. The Labute approximate surface area is 105 Å². The summed E-state index contributed by atoms with van der Waals surface area (Å²) in [5.74, 6) is -0.307. The van der Waals surface area contributed by atoms with Crippen molar-refractivity contribution in [2.45, 2.75) is 19.4 Å². The normalized spacial score (nSPS) is 11.9. The first-order valence-electron chi connectivity index (χ1n) is 5.59. The largest absolute Gasteiger partial charge is 0.468 e. The number of non-ortho nitro benzene ring substituents is 1. The van der Waals surface area contributed by atoms with Crippen molar-refractivity contribution in [3.8, 4) is 0 Å². The molecule has 0 aliphatic heterocycles. The number of esters is 1. The van der Waals surface area contributed by atoms with E-state index in [0.29, 0.717) is 13.0 Å². The van der Waals surface area contributed by atoms with Gasteiger partial charge in [-0.3, -0.25) is 14.9 Å². The maximum absolute atomic E-state index is 11.1. The first-order valence-corrected chi connectivity index (χ1v) is 5.59. The van der Waals surface area contributed by atoms with Crippen molar-refractivity contribution in [3.05, 3.63) is 39.9 Å². The highest BCUT2D eigenvalue weighted by Gasteiger charge is 2.11. The third-order valence-corrected chi connectivity index (χ3v) is 2.57. The van der Waals surface area contributed by atoms with Gasteiger partial charge in [-0.05, 0) is 25.5 Å². The van der Waals surface area contributed by atoms with E-state index in [1.54, 1.807) is 19.1 Å². The zero-order valence-electron chi connectivity index (χ0n) is 10.4. The van der Waals surface area contributed by atoms with E-state index < -0.39 is 4.92 Å². The molecule has 1 aromatic rings. The third kappa shape index (κ3) is 4.14. The lowest BCUT2D eigenvalue weighted by Crippen LogP contribution is -2.36. The van der Waals surface area contributed by atoms with E-state index in [1.165, 1.54) is 19.2 Å². The Morgan fingerprint density at radius 2 is 2.06 bits per heavy atom. The van der Waals surface area contributed by atoms with Crippen LogP contribution in [0.3, 0.4) is 0 Å². The molecule has 18 heavy (non-hydrogen) atoms. The molecule has 1 aromatic carbocycles. The van der Waals surface area contributed by atoms with Gasteiger partial charge in [-0.2, -0.15) is 0 Å². The quantitative estimate of drug-likeness (QED) is 0.468. The van der Waals surface area contributed by atoms with E-state index >= 15 is 0 Å². The van der Waals surface area contributed by atoms with Crippen LogP contribution < -0.4 is 5.32 Å². The minimum atomic E-state index is -0.429. The monoisotopic (exact) mass is 252 g/mol. The Kier molecular flexibility index (Phi) is 5.26.